The van der Waals surface area contributed by atoms with Gasteiger partial charge in [0.25, 0.3) is 0 Å². The zero-order valence-corrected chi connectivity index (χ0v) is 20.3. The molecule has 0 aliphatic heterocycles. The third kappa shape index (κ3) is 5.59. The molecule has 0 saturated heterocycles. The molecule has 172 valence electrons. The van der Waals surface area contributed by atoms with E-state index in [9.17, 15) is 13.6 Å². The molecule has 0 aliphatic rings. The van der Waals surface area contributed by atoms with Crippen molar-refractivity contribution >= 4 is 44.4 Å². The van der Waals surface area contributed by atoms with Crippen molar-refractivity contribution in [3.63, 3.8) is 0 Å². The van der Waals surface area contributed by atoms with Gasteiger partial charge in [-0.2, -0.15) is 5.10 Å². The van der Waals surface area contributed by atoms with Crippen LogP contribution < -0.4 is 4.90 Å². The number of aromatic nitrogens is 3. The molecule has 33 heavy (non-hydrogen) atoms. The molecule has 0 bridgehead atoms. The van der Waals surface area contributed by atoms with Crippen molar-refractivity contribution in [1.82, 2.24) is 14.8 Å². The molecule has 2 heterocycles. The molecule has 0 fully saturated rings. The first-order valence-electron chi connectivity index (χ1n) is 10.6. The summed E-state index contributed by atoms with van der Waals surface area (Å²) in [7, 11) is 0. The first kappa shape index (κ1) is 23.4. The van der Waals surface area contributed by atoms with Gasteiger partial charge in [0.1, 0.15) is 11.3 Å². The number of benzene rings is 2. The highest BCUT2D eigenvalue weighted by atomic mass is 32.2. The van der Waals surface area contributed by atoms with Crippen LogP contribution in [0.25, 0.3) is 10.2 Å². The number of anilines is 1. The molecule has 0 spiro atoms. The number of hydrogen-bond acceptors (Lipinski definition) is 5. The third-order valence-corrected chi connectivity index (χ3v) is 7.22. The van der Waals surface area contributed by atoms with Crippen LogP contribution in [0.3, 0.4) is 0 Å². The van der Waals surface area contributed by atoms with E-state index in [0.717, 1.165) is 33.7 Å². The summed E-state index contributed by atoms with van der Waals surface area (Å²) in [5, 5.41) is 4.82. The molecule has 2 aromatic carbocycles. The Morgan fingerprint density at radius 2 is 1.88 bits per heavy atom. The Balaban J connectivity index is 1.53. The quantitative estimate of drug-likeness (QED) is 0.291. The maximum Gasteiger partial charge on any atom is 0.229 e. The maximum absolute atomic E-state index is 14.2. The lowest BCUT2D eigenvalue weighted by Gasteiger charge is -2.20. The molecular formula is C24H24F2N4OS2. The largest absolute Gasteiger partial charge is 0.286 e. The number of nitrogens with zero attached hydrogens (tertiary/aromatic N) is 4. The fourth-order valence-corrected chi connectivity index (χ4v) is 5.40. The number of rotatable bonds is 8. The molecule has 4 aromatic rings. The van der Waals surface area contributed by atoms with Crippen molar-refractivity contribution in [2.45, 2.75) is 38.6 Å². The molecule has 0 radical (unpaired) electrons. The number of amides is 1. The molecular weight excluding hydrogens is 462 g/mol. The van der Waals surface area contributed by atoms with Crippen LogP contribution in [0.1, 0.15) is 23.4 Å². The van der Waals surface area contributed by atoms with Crippen LogP contribution in [0.15, 0.2) is 47.4 Å². The topological polar surface area (TPSA) is 51.0 Å². The summed E-state index contributed by atoms with van der Waals surface area (Å²) in [5.74, 6) is -0.902. The van der Waals surface area contributed by atoms with E-state index in [4.69, 9.17) is 0 Å². The lowest BCUT2D eigenvalue weighted by Crippen LogP contribution is -2.34. The van der Waals surface area contributed by atoms with E-state index < -0.39 is 11.6 Å². The van der Waals surface area contributed by atoms with Gasteiger partial charge in [0.2, 0.25) is 5.91 Å². The Kier molecular flexibility index (Phi) is 7.09. The Hall–Kier alpha value is -2.78. The van der Waals surface area contributed by atoms with Crippen molar-refractivity contribution in [1.29, 1.82) is 0 Å². The van der Waals surface area contributed by atoms with Gasteiger partial charge in [0.05, 0.1) is 16.9 Å². The number of carbonyl (C=O) groups excluding carboxylic acids is 1. The van der Waals surface area contributed by atoms with Crippen molar-refractivity contribution < 1.29 is 13.6 Å². The van der Waals surface area contributed by atoms with Crippen molar-refractivity contribution in [3.8, 4) is 0 Å². The highest BCUT2D eigenvalue weighted by Gasteiger charge is 2.21. The van der Waals surface area contributed by atoms with Gasteiger partial charge in [-0.05, 0) is 45.0 Å². The van der Waals surface area contributed by atoms with Gasteiger partial charge in [-0.15, -0.1) is 11.8 Å². The molecule has 0 aliphatic carbocycles. The summed E-state index contributed by atoms with van der Waals surface area (Å²) in [5.41, 5.74) is 3.16. The summed E-state index contributed by atoms with van der Waals surface area (Å²) in [6.07, 6.45) is 0.294. The third-order valence-electron chi connectivity index (χ3n) is 5.18. The van der Waals surface area contributed by atoms with Gasteiger partial charge < -0.3 is 0 Å². The summed E-state index contributed by atoms with van der Waals surface area (Å²) in [6, 6.07) is 12.2. The first-order chi connectivity index (χ1) is 15.8. The van der Waals surface area contributed by atoms with Gasteiger partial charge in [0, 0.05) is 35.4 Å². The number of fused-ring (bicyclic) bond motifs is 1. The van der Waals surface area contributed by atoms with E-state index in [1.54, 1.807) is 16.7 Å². The molecule has 1 amide bonds. The summed E-state index contributed by atoms with van der Waals surface area (Å²) < 4.78 is 30.1. The second-order valence-corrected chi connectivity index (χ2v) is 10.0. The molecule has 9 heteroatoms. The second kappa shape index (κ2) is 10.0. The number of thiazole rings is 1. The van der Waals surface area contributed by atoms with Crippen LogP contribution in [0.4, 0.5) is 13.9 Å². The smallest absolute Gasteiger partial charge is 0.229 e. The molecule has 0 unspecified atom stereocenters. The molecule has 0 saturated carbocycles. The standard InChI is InChI=1S/C24H24F2N4OS2/c1-15-4-6-19(7-5-15)32-11-8-22(31)29(9-10-30-17(3)12-16(2)28-30)24-27-23-20(26)13-18(25)14-21(23)33-24/h4-7,12-14H,8-11H2,1-3H3. The fraction of sp³-hybridized carbons (Fsp3) is 0.292. The number of thioether (sulfide) groups is 1. The van der Waals surface area contributed by atoms with Gasteiger partial charge in [-0.1, -0.05) is 29.0 Å². The Labute approximate surface area is 199 Å². The van der Waals surface area contributed by atoms with E-state index in [1.165, 1.54) is 11.6 Å². The number of halogens is 2. The highest BCUT2D eigenvalue weighted by molar-refractivity contribution is 7.99. The number of carbonyl (C=O) groups is 1. The zero-order chi connectivity index (χ0) is 23.5. The van der Waals surface area contributed by atoms with Crippen LogP contribution in [0.5, 0.6) is 0 Å². The Morgan fingerprint density at radius 3 is 2.58 bits per heavy atom. The minimum atomic E-state index is -0.728. The predicted octanol–water partition coefficient (Wildman–Crippen LogP) is 5.91. The predicted molar refractivity (Wildman–Crippen MR) is 130 cm³/mol. The first-order valence-corrected chi connectivity index (χ1v) is 12.4. The molecule has 4 rings (SSSR count). The monoisotopic (exact) mass is 486 g/mol. The summed E-state index contributed by atoms with van der Waals surface area (Å²) in [4.78, 5) is 20.2. The van der Waals surface area contributed by atoms with Crippen LogP contribution in [0.2, 0.25) is 0 Å². The molecule has 0 atom stereocenters. The fourth-order valence-electron chi connectivity index (χ4n) is 3.51. The SMILES string of the molecule is Cc1ccc(SCCC(=O)N(CCn2nc(C)cc2C)c2nc3c(F)cc(F)cc3s2)cc1. The van der Waals surface area contributed by atoms with Crippen LogP contribution >= 0.6 is 23.1 Å². The average Bonchev–Trinajstić information content (AvgIpc) is 3.32. The van der Waals surface area contributed by atoms with Crippen molar-refractivity contribution in [2.75, 3.05) is 17.2 Å². The molecule has 5 nitrogen and oxygen atoms in total. The maximum atomic E-state index is 14.2. The number of hydrogen-bond donors (Lipinski definition) is 0. The lowest BCUT2D eigenvalue weighted by atomic mass is 10.2. The van der Waals surface area contributed by atoms with Gasteiger partial charge >= 0.3 is 0 Å². The van der Waals surface area contributed by atoms with Gasteiger partial charge in [-0.25, -0.2) is 13.8 Å². The normalized spacial score (nSPS) is 11.3. The van der Waals surface area contributed by atoms with Crippen LogP contribution in [0, 0.1) is 32.4 Å². The van der Waals surface area contributed by atoms with E-state index >= 15 is 0 Å². The average molecular weight is 487 g/mol. The minimum absolute atomic E-state index is 0.0781. The Morgan fingerprint density at radius 1 is 1.12 bits per heavy atom. The van der Waals surface area contributed by atoms with E-state index in [2.05, 4.69) is 10.1 Å². The molecule has 2 aromatic heterocycles. The Bertz CT molecular complexity index is 1280. The molecule has 0 N–H and O–H groups in total. The van der Waals surface area contributed by atoms with E-state index in [0.29, 0.717) is 35.1 Å². The van der Waals surface area contributed by atoms with Crippen molar-refractivity contribution in [3.05, 3.63) is 71.1 Å². The van der Waals surface area contributed by atoms with E-state index in [1.807, 2.05) is 55.8 Å². The van der Waals surface area contributed by atoms with Gasteiger partial charge in [-0.3, -0.25) is 14.4 Å². The zero-order valence-electron chi connectivity index (χ0n) is 18.6. The second-order valence-electron chi connectivity index (χ2n) is 7.84. The van der Waals surface area contributed by atoms with Crippen LogP contribution in [-0.4, -0.2) is 33.0 Å². The van der Waals surface area contributed by atoms with E-state index in [-0.39, 0.29) is 11.4 Å². The van der Waals surface area contributed by atoms with Crippen molar-refractivity contribution in [2.24, 2.45) is 0 Å². The number of aryl methyl sites for hydroxylation is 3. The highest BCUT2D eigenvalue weighted by Crippen LogP contribution is 2.32. The van der Waals surface area contributed by atoms with Gasteiger partial charge in [0.15, 0.2) is 10.9 Å². The minimum Gasteiger partial charge on any atom is -0.286 e. The lowest BCUT2D eigenvalue weighted by molar-refractivity contribution is -0.118. The summed E-state index contributed by atoms with van der Waals surface area (Å²) in [6.45, 7) is 6.72. The van der Waals surface area contributed by atoms with Crippen LogP contribution in [-0.2, 0) is 11.3 Å². The summed E-state index contributed by atoms with van der Waals surface area (Å²) >= 11 is 2.72.